The highest BCUT2D eigenvalue weighted by Crippen LogP contribution is 2.31. The zero-order valence-electron chi connectivity index (χ0n) is 12.9. The fraction of sp³-hybridized carbons (Fsp3) is 0.250. The molecule has 0 aliphatic rings. The second-order valence-electron chi connectivity index (χ2n) is 5.77. The van der Waals surface area contributed by atoms with Crippen molar-refractivity contribution in [3.05, 3.63) is 64.1 Å². The molecule has 130 valence electrons. The Morgan fingerprint density at radius 3 is 2.12 bits per heavy atom. The van der Waals surface area contributed by atoms with Crippen LogP contribution in [0.15, 0.2) is 57.9 Å². The Labute approximate surface area is 147 Å². The molecule has 0 spiro atoms. The highest BCUT2D eigenvalue weighted by atomic mass is 79.9. The zero-order chi connectivity index (χ0) is 18.2. The number of hydrogen-bond acceptors (Lipinski definition) is 2. The fourth-order valence-corrected chi connectivity index (χ4v) is 4.02. The SMILES string of the molecule is CC(C)(NS(=O)(=O)c1cccc(C(F)(F)F)c1)c1cccc(Br)c1. The van der Waals surface area contributed by atoms with E-state index >= 15 is 0 Å². The number of rotatable bonds is 4. The molecule has 0 bridgehead atoms. The van der Waals surface area contributed by atoms with Crippen LogP contribution in [0.4, 0.5) is 13.2 Å². The van der Waals surface area contributed by atoms with E-state index in [2.05, 4.69) is 20.7 Å². The summed E-state index contributed by atoms with van der Waals surface area (Å²) in [7, 11) is -4.13. The average molecular weight is 422 g/mol. The molecule has 0 heterocycles. The molecular formula is C16H15BrF3NO2S. The smallest absolute Gasteiger partial charge is 0.207 e. The van der Waals surface area contributed by atoms with Gasteiger partial charge in [0.05, 0.1) is 16.0 Å². The van der Waals surface area contributed by atoms with E-state index in [1.165, 1.54) is 0 Å². The van der Waals surface area contributed by atoms with Crippen molar-refractivity contribution in [3.63, 3.8) is 0 Å². The maximum atomic E-state index is 12.8. The van der Waals surface area contributed by atoms with Gasteiger partial charge in [0.2, 0.25) is 10.0 Å². The Morgan fingerprint density at radius 2 is 1.54 bits per heavy atom. The standard InChI is InChI=1S/C16H15BrF3NO2S/c1-15(2,11-5-3-7-13(17)9-11)21-24(22,23)14-8-4-6-12(10-14)16(18,19)20/h3-10,21H,1-2H3. The van der Waals surface area contributed by atoms with E-state index in [0.29, 0.717) is 11.6 Å². The number of hydrogen-bond donors (Lipinski definition) is 1. The van der Waals surface area contributed by atoms with Gasteiger partial charge in [-0.05, 0) is 49.7 Å². The van der Waals surface area contributed by atoms with Gasteiger partial charge in [-0.3, -0.25) is 0 Å². The molecule has 1 N–H and O–H groups in total. The second-order valence-corrected chi connectivity index (χ2v) is 8.36. The number of halogens is 4. The van der Waals surface area contributed by atoms with Crippen LogP contribution in [0.1, 0.15) is 25.0 Å². The van der Waals surface area contributed by atoms with Crippen LogP contribution >= 0.6 is 15.9 Å². The van der Waals surface area contributed by atoms with Crippen LogP contribution in [0.25, 0.3) is 0 Å². The van der Waals surface area contributed by atoms with Crippen LogP contribution in [0.5, 0.6) is 0 Å². The second kappa shape index (κ2) is 6.50. The summed E-state index contributed by atoms with van der Waals surface area (Å²) in [5, 5.41) is 0. The summed E-state index contributed by atoms with van der Waals surface area (Å²) in [4.78, 5) is -0.430. The molecule has 2 aromatic carbocycles. The number of benzene rings is 2. The zero-order valence-corrected chi connectivity index (χ0v) is 15.3. The van der Waals surface area contributed by atoms with E-state index < -0.39 is 32.2 Å². The lowest BCUT2D eigenvalue weighted by atomic mass is 9.96. The summed E-state index contributed by atoms with van der Waals surface area (Å²) >= 11 is 3.31. The van der Waals surface area contributed by atoms with Gasteiger partial charge in [0, 0.05) is 4.47 Å². The quantitative estimate of drug-likeness (QED) is 0.778. The van der Waals surface area contributed by atoms with Crippen molar-refractivity contribution in [1.82, 2.24) is 4.72 Å². The molecule has 0 unspecified atom stereocenters. The summed E-state index contributed by atoms with van der Waals surface area (Å²) < 4.78 is 66.6. The van der Waals surface area contributed by atoms with Gasteiger partial charge in [0.15, 0.2) is 0 Å². The van der Waals surface area contributed by atoms with Gasteiger partial charge < -0.3 is 0 Å². The third kappa shape index (κ3) is 4.37. The molecule has 0 fully saturated rings. The molecule has 0 amide bonds. The van der Waals surface area contributed by atoms with E-state index in [1.807, 2.05) is 0 Å². The summed E-state index contributed by atoms with van der Waals surface area (Å²) in [6, 6.07) is 10.7. The van der Waals surface area contributed by atoms with Crippen molar-refractivity contribution in [3.8, 4) is 0 Å². The lowest BCUT2D eigenvalue weighted by molar-refractivity contribution is -0.137. The fourth-order valence-electron chi connectivity index (χ4n) is 2.17. The van der Waals surface area contributed by atoms with Crippen molar-refractivity contribution in [2.24, 2.45) is 0 Å². The third-order valence-corrected chi connectivity index (χ3v) is 5.55. The third-order valence-electron chi connectivity index (χ3n) is 3.41. The lowest BCUT2D eigenvalue weighted by Crippen LogP contribution is -2.40. The highest BCUT2D eigenvalue weighted by Gasteiger charge is 2.33. The minimum absolute atomic E-state index is 0.430. The minimum Gasteiger partial charge on any atom is -0.207 e. The molecule has 2 rings (SSSR count). The van der Waals surface area contributed by atoms with Crippen LogP contribution in [-0.2, 0) is 21.7 Å². The van der Waals surface area contributed by atoms with Crippen LogP contribution in [0.3, 0.4) is 0 Å². The van der Waals surface area contributed by atoms with Gasteiger partial charge in [-0.1, -0.05) is 34.1 Å². The molecule has 8 heteroatoms. The molecular weight excluding hydrogens is 407 g/mol. The Bertz CT molecular complexity index is 848. The average Bonchev–Trinajstić information content (AvgIpc) is 2.45. The monoisotopic (exact) mass is 421 g/mol. The molecule has 24 heavy (non-hydrogen) atoms. The predicted octanol–water partition coefficient (Wildman–Crippen LogP) is 4.68. The Balaban J connectivity index is 2.38. The van der Waals surface area contributed by atoms with E-state index in [4.69, 9.17) is 0 Å². The Hall–Kier alpha value is -1.38. The van der Waals surface area contributed by atoms with E-state index in [1.54, 1.807) is 38.1 Å². The van der Waals surface area contributed by atoms with Crippen molar-refractivity contribution >= 4 is 26.0 Å². The number of alkyl halides is 3. The van der Waals surface area contributed by atoms with E-state index in [0.717, 1.165) is 22.7 Å². The topological polar surface area (TPSA) is 46.2 Å². The van der Waals surface area contributed by atoms with Gasteiger partial charge in [0.25, 0.3) is 0 Å². The predicted molar refractivity (Wildman–Crippen MR) is 88.9 cm³/mol. The maximum Gasteiger partial charge on any atom is 0.416 e. The van der Waals surface area contributed by atoms with Crippen LogP contribution in [-0.4, -0.2) is 8.42 Å². The molecule has 0 saturated carbocycles. The lowest BCUT2D eigenvalue weighted by Gasteiger charge is -2.27. The van der Waals surface area contributed by atoms with Crippen LogP contribution in [0, 0.1) is 0 Å². The van der Waals surface area contributed by atoms with Gasteiger partial charge in [0.1, 0.15) is 0 Å². The van der Waals surface area contributed by atoms with E-state index in [-0.39, 0.29) is 0 Å². The molecule has 0 radical (unpaired) electrons. The minimum atomic E-state index is -4.61. The largest absolute Gasteiger partial charge is 0.416 e. The molecule has 0 aliphatic heterocycles. The maximum absolute atomic E-state index is 12.8. The number of sulfonamides is 1. The first-order chi connectivity index (χ1) is 10.9. The van der Waals surface area contributed by atoms with Crippen LogP contribution < -0.4 is 4.72 Å². The van der Waals surface area contributed by atoms with E-state index in [9.17, 15) is 21.6 Å². The Kier molecular flexibility index (Phi) is 5.13. The first-order valence-electron chi connectivity index (χ1n) is 6.89. The van der Waals surface area contributed by atoms with Crippen molar-refractivity contribution < 1.29 is 21.6 Å². The molecule has 0 aromatic heterocycles. The first kappa shape index (κ1) is 19.0. The van der Waals surface area contributed by atoms with Crippen molar-refractivity contribution in [2.45, 2.75) is 30.5 Å². The van der Waals surface area contributed by atoms with Crippen molar-refractivity contribution in [2.75, 3.05) is 0 Å². The highest BCUT2D eigenvalue weighted by molar-refractivity contribution is 9.10. The molecule has 3 nitrogen and oxygen atoms in total. The van der Waals surface area contributed by atoms with Crippen LogP contribution in [0.2, 0.25) is 0 Å². The summed E-state index contributed by atoms with van der Waals surface area (Å²) in [5.74, 6) is 0. The summed E-state index contributed by atoms with van der Waals surface area (Å²) in [5.41, 5.74) is -1.34. The molecule has 0 atom stereocenters. The Morgan fingerprint density at radius 1 is 0.958 bits per heavy atom. The summed E-state index contributed by atoms with van der Waals surface area (Å²) in [6.45, 7) is 3.28. The first-order valence-corrected chi connectivity index (χ1v) is 9.17. The van der Waals surface area contributed by atoms with Gasteiger partial charge >= 0.3 is 6.18 Å². The van der Waals surface area contributed by atoms with Gasteiger partial charge in [-0.25, -0.2) is 13.1 Å². The van der Waals surface area contributed by atoms with Gasteiger partial charge in [-0.15, -0.1) is 0 Å². The van der Waals surface area contributed by atoms with Gasteiger partial charge in [-0.2, -0.15) is 13.2 Å². The summed E-state index contributed by atoms with van der Waals surface area (Å²) in [6.07, 6.45) is -4.61. The van der Waals surface area contributed by atoms with Crippen molar-refractivity contribution in [1.29, 1.82) is 0 Å². The molecule has 2 aromatic rings. The number of nitrogens with one attached hydrogen (secondary N) is 1. The molecule has 0 aliphatic carbocycles. The molecule has 0 saturated heterocycles. The normalized spacial score (nSPS) is 13.1.